The summed E-state index contributed by atoms with van der Waals surface area (Å²) in [6.45, 7) is 4.73. The Kier molecular flexibility index (Phi) is 7.53. The lowest BCUT2D eigenvalue weighted by atomic mass is 9.88. The molecule has 1 heterocycles. The summed E-state index contributed by atoms with van der Waals surface area (Å²) < 4.78 is 5.65. The molecule has 5 nitrogen and oxygen atoms in total. The number of nitrogens with one attached hydrogen (secondary N) is 3. The Balaban J connectivity index is 1.60. The van der Waals surface area contributed by atoms with Crippen molar-refractivity contribution in [1.82, 2.24) is 16.0 Å². The Morgan fingerprint density at radius 2 is 1.85 bits per heavy atom. The fourth-order valence-electron chi connectivity index (χ4n) is 4.31. The van der Waals surface area contributed by atoms with Crippen molar-refractivity contribution in [3.63, 3.8) is 0 Å². The van der Waals surface area contributed by atoms with E-state index in [0.717, 1.165) is 38.6 Å². The van der Waals surface area contributed by atoms with E-state index in [4.69, 9.17) is 4.74 Å². The summed E-state index contributed by atoms with van der Waals surface area (Å²) in [5.41, 5.74) is 1.35. The van der Waals surface area contributed by atoms with Crippen LogP contribution in [0.4, 0.5) is 0 Å². The van der Waals surface area contributed by atoms with Gasteiger partial charge in [0, 0.05) is 44.4 Å². The van der Waals surface area contributed by atoms with Crippen LogP contribution < -0.4 is 16.0 Å². The fourth-order valence-corrected chi connectivity index (χ4v) is 4.31. The van der Waals surface area contributed by atoms with Crippen LogP contribution in [0.5, 0.6) is 0 Å². The zero-order valence-electron chi connectivity index (χ0n) is 17.0. The second-order valence-corrected chi connectivity index (χ2v) is 8.07. The molecule has 5 heteroatoms. The van der Waals surface area contributed by atoms with Crippen LogP contribution >= 0.6 is 0 Å². The topological polar surface area (TPSA) is 57.7 Å². The Hall–Kier alpha value is -1.59. The maximum absolute atomic E-state index is 5.65. The normalized spacial score (nSPS) is 22.2. The summed E-state index contributed by atoms with van der Waals surface area (Å²) in [6.07, 6.45) is 8.55. The predicted molar refractivity (Wildman–Crippen MR) is 112 cm³/mol. The van der Waals surface area contributed by atoms with E-state index in [2.05, 4.69) is 58.2 Å². The third-order valence-corrected chi connectivity index (χ3v) is 6.04. The number of hydrogen-bond acceptors (Lipinski definition) is 3. The second kappa shape index (κ2) is 10.1. The van der Waals surface area contributed by atoms with Gasteiger partial charge in [-0.2, -0.15) is 0 Å². The second-order valence-electron chi connectivity index (χ2n) is 8.07. The fraction of sp³-hybridized carbons (Fsp3) is 0.682. The number of rotatable bonds is 6. The van der Waals surface area contributed by atoms with Crippen molar-refractivity contribution in [2.24, 2.45) is 4.99 Å². The minimum absolute atomic E-state index is 0.0255. The summed E-state index contributed by atoms with van der Waals surface area (Å²) in [4.78, 5) is 4.47. The Labute approximate surface area is 164 Å². The first-order valence-corrected chi connectivity index (χ1v) is 10.6. The van der Waals surface area contributed by atoms with Crippen LogP contribution in [-0.4, -0.2) is 44.3 Å². The monoisotopic (exact) mass is 372 g/mol. The first-order valence-electron chi connectivity index (χ1n) is 10.6. The van der Waals surface area contributed by atoms with Crippen molar-refractivity contribution in [2.75, 3.05) is 26.8 Å². The first kappa shape index (κ1) is 20.2. The standard InChI is InChI=1S/C22H36N4O/c1-18(19-9-5-3-6-10-19)26-22(13-15-27-16-14-22)17-24-21(23-2)25-20-11-7-4-8-12-20/h3,5-6,9-10,18,20,26H,4,7-8,11-17H2,1-2H3,(H2,23,24,25). The maximum atomic E-state index is 5.65. The van der Waals surface area contributed by atoms with Crippen molar-refractivity contribution < 1.29 is 4.74 Å². The maximum Gasteiger partial charge on any atom is 0.191 e. The van der Waals surface area contributed by atoms with E-state index in [1.165, 1.54) is 37.7 Å². The van der Waals surface area contributed by atoms with Gasteiger partial charge in [0.15, 0.2) is 5.96 Å². The average molecular weight is 373 g/mol. The van der Waals surface area contributed by atoms with Crippen LogP contribution in [-0.2, 0) is 4.74 Å². The molecule has 0 spiro atoms. The van der Waals surface area contributed by atoms with Gasteiger partial charge in [-0.1, -0.05) is 49.6 Å². The molecular weight excluding hydrogens is 336 g/mol. The zero-order valence-corrected chi connectivity index (χ0v) is 17.0. The van der Waals surface area contributed by atoms with E-state index in [0.29, 0.717) is 12.1 Å². The first-order chi connectivity index (χ1) is 13.2. The lowest BCUT2D eigenvalue weighted by Gasteiger charge is -2.41. The SMILES string of the molecule is CN=C(NCC1(NC(C)c2ccccc2)CCOCC1)NC1CCCCC1. The lowest BCUT2D eigenvalue weighted by Crippen LogP contribution is -2.58. The van der Waals surface area contributed by atoms with Crippen molar-refractivity contribution in [3.8, 4) is 0 Å². The van der Waals surface area contributed by atoms with Crippen LogP contribution in [0.1, 0.15) is 63.5 Å². The number of guanidine groups is 1. The van der Waals surface area contributed by atoms with Gasteiger partial charge in [-0.05, 0) is 38.2 Å². The molecule has 1 aliphatic heterocycles. The minimum Gasteiger partial charge on any atom is -0.381 e. The van der Waals surface area contributed by atoms with Gasteiger partial charge in [-0.25, -0.2) is 0 Å². The van der Waals surface area contributed by atoms with Gasteiger partial charge in [0.1, 0.15) is 0 Å². The minimum atomic E-state index is 0.0255. The van der Waals surface area contributed by atoms with Crippen LogP contribution in [0.15, 0.2) is 35.3 Å². The molecule has 1 atom stereocenters. The summed E-state index contributed by atoms with van der Waals surface area (Å²) in [6, 6.07) is 11.6. The number of aliphatic imine (C=N–C) groups is 1. The molecule has 2 fully saturated rings. The van der Waals surface area contributed by atoms with E-state index in [-0.39, 0.29) is 5.54 Å². The summed E-state index contributed by atoms with van der Waals surface area (Å²) in [7, 11) is 1.87. The van der Waals surface area contributed by atoms with Gasteiger partial charge in [0.05, 0.1) is 0 Å². The van der Waals surface area contributed by atoms with Crippen molar-refractivity contribution in [2.45, 2.75) is 69.5 Å². The Morgan fingerprint density at radius 1 is 1.15 bits per heavy atom. The summed E-state index contributed by atoms with van der Waals surface area (Å²) in [5, 5.41) is 11.1. The van der Waals surface area contributed by atoms with E-state index >= 15 is 0 Å². The van der Waals surface area contributed by atoms with Crippen molar-refractivity contribution >= 4 is 5.96 Å². The van der Waals surface area contributed by atoms with Crippen LogP contribution in [0.2, 0.25) is 0 Å². The quantitative estimate of drug-likeness (QED) is 0.529. The average Bonchev–Trinajstić information content (AvgIpc) is 2.73. The predicted octanol–water partition coefficient (Wildman–Crippen LogP) is 3.38. The molecule has 0 radical (unpaired) electrons. The molecule has 1 aromatic carbocycles. The van der Waals surface area contributed by atoms with Gasteiger partial charge in [-0.15, -0.1) is 0 Å². The third-order valence-electron chi connectivity index (χ3n) is 6.04. The van der Waals surface area contributed by atoms with Gasteiger partial charge < -0.3 is 20.7 Å². The molecule has 1 unspecified atom stereocenters. The highest BCUT2D eigenvalue weighted by Gasteiger charge is 2.34. The van der Waals surface area contributed by atoms with Crippen molar-refractivity contribution in [3.05, 3.63) is 35.9 Å². The molecule has 0 aromatic heterocycles. The van der Waals surface area contributed by atoms with Gasteiger partial charge >= 0.3 is 0 Å². The summed E-state index contributed by atoms with van der Waals surface area (Å²) in [5.74, 6) is 0.932. The molecule has 1 aliphatic carbocycles. The van der Waals surface area contributed by atoms with E-state index < -0.39 is 0 Å². The molecule has 1 saturated carbocycles. The highest BCUT2D eigenvalue weighted by Crippen LogP contribution is 2.25. The molecule has 3 rings (SSSR count). The molecule has 150 valence electrons. The molecule has 2 aliphatic rings. The Bertz CT molecular complexity index is 577. The molecule has 0 bridgehead atoms. The lowest BCUT2D eigenvalue weighted by molar-refractivity contribution is 0.0354. The Morgan fingerprint density at radius 3 is 2.52 bits per heavy atom. The third kappa shape index (κ3) is 5.94. The van der Waals surface area contributed by atoms with Crippen LogP contribution in [0.3, 0.4) is 0 Å². The number of benzene rings is 1. The molecule has 3 N–H and O–H groups in total. The highest BCUT2D eigenvalue weighted by atomic mass is 16.5. The van der Waals surface area contributed by atoms with Crippen LogP contribution in [0.25, 0.3) is 0 Å². The smallest absolute Gasteiger partial charge is 0.191 e. The van der Waals surface area contributed by atoms with Gasteiger partial charge in [0.25, 0.3) is 0 Å². The largest absolute Gasteiger partial charge is 0.381 e. The molecular formula is C22H36N4O. The van der Waals surface area contributed by atoms with E-state index in [9.17, 15) is 0 Å². The van der Waals surface area contributed by atoms with E-state index in [1.807, 2.05) is 7.05 Å². The number of nitrogens with zero attached hydrogens (tertiary/aromatic N) is 1. The summed E-state index contributed by atoms with van der Waals surface area (Å²) >= 11 is 0. The molecule has 1 aromatic rings. The molecule has 1 saturated heterocycles. The van der Waals surface area contributed by atoms with Crippen LogP contribution in [0, 0.1) is 0 Å². The zero-order chi connectivity index (χ0) is 19.0. The number of ether oxygens (including phenoxy) is 1. The highest BCUT2D eigenvalue weighted by molar-refractivity contribution is 5.80. The van der Waals surface area contributed by atoms with Crippen molar-refractivity contribution in [1.29, 1.82) is 0 Å². The number of hydrogen-bond donors (Lipinski definition) is 3. The van der Waals surface area contributed by atoms with E-state index in [1.54, 1.807) is 0 Å². The van der Waals surface area contributed by atoms with Gasteiger partial charge in [0.2, 0.25) is 0 Å². The molecule has 0 amide bonds. The molecule has 27 heavy (non-hydrogen) atoms. The van der Waals surface area contributed by atoms with Gasteiger partial charge in [-0.3, -0.25) is 4.99 Å².